The first-order valence-corrected chi connectivity index (χ1v) is 8.46. The molecule has 2 atom stereocenters. The fourth-order valence-electron chi connectivity index (χ4n) is 3.35. The van der Waals surface area contributed by atoms with Crippen molar-refractivity contribution in [3.63, 3.8) is 0 Å². The van der Waals surface area contributed by atoms with Crippen molar-refractivity contribution in [3.8, 4) is 5.75 Å². The van der Waals surface area contributed by atoms with Crippen molar-refractivity contribution in [1.29, 1.82) is 0 Å². The molecule has 3 rings (SSSR count). The molecule has 1 heterocycles. The zero-order chi connectivity index (χ0) is 17.3. The summed E-state index contributed by atoms with van der Waals surface area (Å²) in [6.07, 6.45) is 1.46. The molecule has 2 aromatic rings. The number of hydrogen-bond acceptors (Lipinski definition) is 3. The van der Waals surface area contributed by atoms with Crippen LogP contribution in [0.2, 0.25) is 0 Å². The predicted molar refractivity (Wildman–Crippen MR) is 94.3 cm³/mol. The van der Waals surface area contributed by atoms with Crippen molar-refractivity contribution < 1.29 is 14.6 Å². The van der Waals surface area contributed by atoms with Gasteiger partial charge in [-0.15, -0.1) is 0 Å². The molecule has 1 aliphatic rings. The highest BCUT2D eigenvalue weighted by Gasteiger charge is 2.31. The number of carbonyl (C=O) groups excluding carboxylic acids is 1. The van der Waals surface area contributed by atoms with Gasteiger partial charge >= 0.3 is 5.97 Å². The van der Waals surface area contributed by atoms with E-state index in [4.69, 9.17) is 4.74 Å². The minimum atomic E-state index is -0.130. The number of aromatic hydroxyl groups is 1. The van der Waals surface area contributed by atoms with Gasteiger partial charge in [0, 0.05) is 5.92 Å². The van der Waals surface area contributed by atoms with Crippen molar-refractivity contribution in [3.05, 3.63) is 64.2 Å². The summed E-state index contributed by atoms with van der Waals surface area (Å²) >= 11 is 0. The number of cyclic esters (lactones) is 1. The van der Waals surface area contributed by atoms with Gasteiger partial charge in [0.1, 0.15) is 5.75 Å². The number of rotatable bonds is 3. The Morgan fingerprint density at radius 3 is 2.54 bits per heavy atom. The third kappa shape index (κ3) is 3.45. The van der Waals surface area contributed by atoms with Crippen LogP contribution in [0, 0.1) is 26.7 Å². The fraction of sp³-hybridized carbons (Fsp3) is 0.381. The van der Waals surface area contributed by atoms with Crippen molar-refractivity contribution in [2.45, 2.75) is 39.5 Å². The first-order chi connectivity index (χ1) is 11.4. The Morgan fingerprint density at radius 1 is 1.04 bits per heavy atom. The minimum Gasteiger partial charge on any atom is -0.508 e. The predicted octanol–water partition coefficient (Wildman–Crippen LogP) is 4.21. The zero-order valence-corrected chi connectivity index (χ0v) is 14.5. The Balaban J connectivity index is 1.76. The highest BCUT2D eigenvalue weighted by molar-refractivity contribution is 5.74. The van der Waals surface area contributed by atoms with Crippen LogP contribution in [0.1, 0.15) is 40.2 Å². The number of esters is 1. The lowest BCUT2D eigenvalue weighted by Crippen LogP contribution is -2.31. The van der Waals surface area contributed by atoms with Gasteiger partial charge in [0.15, 0.2) is 0 Å². The second-order valence-corrected chi connectivity index (χ2v) is 6.93. The number of ether oxygens (including phenoxy) is 1. The maximum atomic E-state index is 12.2. The van der Waals surface area contributed by atoms with Crippen molar-refractivity contribution in [2.24, 2.45) is 5.92 Å². The van der Waals surface area contributed by atoms with Gasteiger partial charge in [0.2, 0.25) is 0 Å². The summed E-state index contributed by atoms with van der Waals surface area (Å²) in [5, 5.41) is 9.65. The maximum Gasteiger partial charge on any atom is 0.309 e. The van der Waals surface area contributed by atoms with Gasteiger partial charge in [0.05, 0.1) is 12.5 Å². The second kappa shape index (κ2) is 6.68. The summed E-state index contributed by atoms with van der Waals surface area (Å²) in [7, 11) is 0. The summed E-state index contributed by atoms with van der Waals surface area (Å²) in [5.41, 5.74) is 5.70. The Kier molecular flexibility index (Phi) is 4.61. The molecule has 0 bridgehead atoms. The van der Waals surface area contributed by atoms with Crippen molar-refractivity contribution in [2.75, 3.05) is 6.61 Å². The van der Waals surface area contributed by atoms with E-state index >= 15 is 0 Å². The maximum absolute atomic E-state index is 12.2. The third-order valence-corrected chi connectivity index (χ3v) is 5.07. The van der Waals surface area contributed by atoms with Crippen LogP contribution in [0.3, 0.4) is 0 Å². The van der Waals surface area contributed by atoms with Gasteiger partial charge in [-0.1, -0.05) is 30.3 Å². The smallest absolute Gasteiger partial charge is 0.309 e. The molecule has 2 aromatic carbocycles. The van der Waals surface area contributed by atoms with E-state index in [1.165, 1.54) is 16.7 Å². The van der Waals surface area contributed by atoms with Crippen LogP contribution >= 0.6 is 0 Å². The minimum absolute atomic E-state index is 0.110. The summed E-state index contributed by atoms with van der Waals surface area (Å²) in [6.45, 7) is 6.56. The van der Waals surface area contributed by atoms with E-state index < -0.39 is 0 Å². The first kappa shape index (κ1) is 16.6. The van der Waals surface area contributed by atoms with Crippen LogP contribution in [0.5, 0.6) is 5.75 Å². The SMILES string of the molecule is Cc1ccc([C@H]2COC(=O)[C@@H](Cc3ccc(O)c(C)c3)C2)cc1C. The highest BCUT2D eigenvalue weighted by Crippen LogP contribution is 2.32. The Bertz CT molecular complexity index is 764. The molecule has 0 spiro atoms. The molecule has 1 fully saturated rings. The van der Waals surface area contributed by atoms with E-state index in [2.05, 4.69) is 32.0 Å². The average molecular weight is 324 g/mol. The van der Waals surface area contributed by atoms with Crippen LogP contribution in [0.4, 0.5) is 0 Å². The largest absolute Gasteiger partial charge is 0.508 e. The average Bonchev–Trinajstić information content (AvgIpc) is 2.56. The number of phenols is 1. The zero-order valence-electron chi connectivity index (χ0n) is 14.5. The lowest BCUT2D eigenvalue weighted by atomic mass is 9.83. The molecule has 0 aliphatic carbocycles. The first-order valence-electron chi connectivity index (χ1n) is 8.46. The molecular formula is C21H24O3. The van der Waals surface area contributed by atoms with E-state index in [1.807, 2.05) is 19.1 Å². The van der Waals surface area contributed by atoms with Gasteiger partial charge in [-0.2, -0.15) is 0 Å². The summed E-state index contributed by atoms with van der Waals surface area (Å²) in [6, 6.07) is 12.0. The van der Waals surface area contributed by atoms with Gasteiger partial charge in [-0.25, -0.2) is 0 Å². The van der Waals surface area contributed by atoms with E-state index in [0.29, 0.717) is 13.0 Å². The molecule has 24 heavy (non-hydrogen) atoms. The third-order valence-electron chi connectivity index (χ3n) is 5.07. The quantitative estimate of drug-likeness (QED) is 0.861. The number of benzene rings is 2. The molecule has 0 amide bonds. The molecular weight excluding hydrogens is 300 g/mol. The van der Waals surface area contributed by atoms with Gasteiger partial charge < -0.3 is 9.84 Å². The number of hydrogen-bond donors (Lipinski definition) is 1. The summed E-state index contributed by atoms with van der Waals surface area (Å²) < 4.78 is 5.47. The molecule has 0 radical (unpaired) electrons. The van der Waals surface area contributed by atoms with E-state index in [9.17, 15) is 9.90 Å². The van der Waals surface area contributed by atoms with Crippen molar-refractivity contribution in [1.82, 2.24) is 0 Å². The molecule has 0 unspecified atom stereocenters. The Morgan fingerprint density at radius 2 is 1.83 bits per heavy atom. The van der Waals surface area contributed by atoms with Crippen LogP contribution in [0.15, 0.2) is 36.4 Å². The van der Waals surface area contributed by atoms with E-state index in [1.54, 1.807) is 6.07 Å². The van der Waals surface area contributed by atoms with Crippen molar-refractivity contribution >= 4 is 5.97 Å². The molecule has 126 valence electrons. The van der Waals surface area contributed by atoms with Crippen LogP contribution < -0.4 is 0 Å². The van der Waals surface area contributed by atoms with E-state index in [0.717, 1.165) is 17.5 Å². The number of carbonyl (C=O) groups is 1. The normalized spacial score (nSPS) is 20.7. The molecule has 3 nitrogen and oxygen atoms in total. The van der Waals surface area contributed by atoms with Gasteiger partial charge in [-0.3, -0.25) is 4.79 Å². The fourth-order valence-corrected chi connectivity index (χ4v) is 3.35. The van der Waals surface area contributed by atoms with Crippen LogP contribution in [-0.4, -0.2) is 17.7 Å². The molecule has 0 saturated carbocycles. The molecule has 1 saturated heterocycles. The highest BCUT2D eigenvalue weighted by atomic mass is 16.5. The summed E-state index contributed by atoms with van der Waals surface area (Å²) in [5.74, 6) is 0.304. The van der Waals surface area contributed by atoms with Gasteiger partial charge in [-0.05, 0) is 67.5 Å². The van der Waals surface area contributed by atoms with Crippen LogP contribution in [-0.2, 0) is 16.0 Å². The Labute approximate surface area is 143 Å². The van der Waals surface area contributed by atoms with Crippen LogP contribution in [0.25, 0.3) is 0 Å². The second-order valence-electron chi connectivity index (χ2n) is 6.93. The Hall–Kier alpha value is -2.29. The molecule has 1 N–H and O–H groups in total. The monoisotopic (exact) mass is 324 g/mol. The lowest BCUT2D eigenvalue weighted by Gasteiger charge is -2.29. The molecule has 1 aliphatic heterocycles. The van der Waals surface area contributed by atoms with Gasteiger partial charge in [0.25, 0.3) is 0 Å². The lowest BCUT2D eigenvalue weighted by molar-refractivity contribution is -0.154. The molecule has 3 heteroatoms. The topological polar surface area (TPSA) is 46.5 Å². The standard InChI is InChI=1S/C21H24O3/c1-13-4-6-17(9-14(13)2)19-11-18(21(23)24-12-19)10-16-5-7-20(22)15(3)8-16/h4-9,18-19,22H,10-12H2,1-3H3/t18-,19+/m0/s1. The van der Waals surface area contributed by atoms with E-state index in [-0.39, 0.29) is 23.6 Å². The number of aryl methyl sites for hydroxylation is 3. The molecule has 0 aromatic heterocycles. The number of phenolic OH excluding ortho intramolecular Hbond substituents is 1. The summed E-state index contributed by atoms with van der Waals surface area (Å²) in [4.78, 5) is 12.2.